The first kappa shape index (κ1) is 25.2. The number of aromatic nitrogens is 1. The summed E-state index contributed by atoms with van der Waals surface area (Å²) in [5.41, 5.74) is -3.81. The van der Waals surface area contributed by atoms with Crippen molar-refractivity contribution in [3.63, 3.8) is 0 Å². The minimum atomic E-state index is -5.08. The van der Waals surface area contributed by atoms with Crippen LogP contribution in [0.2, 0.25) is 5.02 Å². The fourth-order valence-corrected chi connectivity index (χ4v) is 3.69. The molecule has 1 atom stereocenters. The Bertz CT molecular complexity index is 975. The summed E-state index contributed by atoms with van der Waals surface area (Å²) in [7, 11) is 1.87. The van der Waals surface area contributed by atoms with Crippen LogP contribution >= 0.6 is 11.6 Å². The minimum Gasteiger partial charge on any atom is -0.304 e. The minimum absolute atomic E-state index is 0.0324. The van der Waals surface area contributed by atoms with Gasteiger partial charge in [0.2, 0.25) is 0 Å². The van der Waals surface area contributed by atoms with Crippen molar-refractivity contribution in [2.75, 3.05) is 38.2 Å². The molecule has 1 aliphatic heterocycles. The van der Waals surface area contributed by atoms with Crippen LogP contribution in [0.3, 0.4) is 0 Å². The summed E-state index contributed by atoms with van der Waals surface area (Å²) >= 11 is 6.22. The van der Waals surface area contributed by atoms with Gasteiger partial charge >= 0.3 is 12.4 Å². The molecule has 0 radical (unpaired) electrons. The summed E-state index contributed by atoms with van der Waals surface area (Å²) in [5, 5.41) is 0.404. The van der Waals surface area contributed by atoms with Gasteiger partial charge < -0.3 is 4.90 Å². The van der Waals surface area contributed by atoms with Crippen molar-refractivity contribution in [2.45, 2.75) is 18.4 Å². The number of anilines is 1. The van der Waals surface area contributed by atoms with Crippen molar-refractivity contribution >= 4 is 23.2 Å². The fourth-order valence-electron chi connectivity index (χ4n) is 3.46. The van der Waals surface area contributed by atoms with Crippen molar-refractivity contribution in [3.05, 3.63) is 58.4 Å². The van der Waals surface area contributed by atoms with Gasteiger partial charge in [-0.05, 0) is 37.4 Å². The van der Waals surface area contributed by atoms with Crippen LogP contribution in [0.15, 0.2) is 36.5 Å². The van der Waals surface area contributed by atoms with Crippen LogP contribution < -0.4 is 10.9 Å². The van der Waals surface area contributed by atoms with Gasteiger partial charge in [-0.2, -0.15) is 26.3 Å². The van der Waals surface area contributed by atoms with Crippen molar-refractivity contribution in [2.24, 2.45) is 5.84 Å². The molecule has 2 heterocycles. The predicted molar refractivity (Wildman–Crippen MR) is 109 cm³/mol. The third-order valence-electron chi connectivity index (χ3n) is 5.27. The first-order chi connectivity index (χ1) is 15.3. The van der Waals surface area contributed by atoms with E-state index in [1.54, 1.807) is 4.90 Å². The number of pyridine rings is 1. The van der Waals surface area contributed by atoms with E-state index in [0.29, 0.717) is 43.3 Å². The number of carbonyl (C=O) groups is 1. The molecule has 1 amide bonds. The van der Waals surface area contributed by atoms with Crippen molar-refractivity contribution < 1.29 is 31.1 Å². The molecular weight excluding hydrogens is 476 g/mol. The highest BCUT2D eigenvalue weighted by Gasteiger charge is 2.39. The van der Waals surface area contributed by atoms with E-state index < -0.39 is 41.1 Å². The second-order valence-electron chi connectivity index (χ2n) is 7.58. The monoisotopic (exact) mass is 495 g/mol. The summed E-state index contributed by atoms with van der Waals surface area (Å²) in [5.74, 6) is 4.86. The van der Waals surface area contributed by atoms with Crippen LogP contribution in [-0.4, -0.2) is 53.9 Å². The first-order valence-electron chi connectivity index (χ1n) is 9.70. The number of amides is 1. The van der Waals surface area contributed by atoms with Gasteiger partial charge in [-0.25, -0.2) is 10.9 Å². The Kier molecular flexibility index (Phi) is 7.22. The molecule has 0 aliphatic carbocycles. The molecule has 2 aromatic rings. The summed E-state index contributed by atoms with van der Waals surface area (Å²) in [6.07, 6.45) is -8.79. The van der Waals surface area contributed by atoms with Crippen LogP contribution in [0.4, 0.5) is 32.0 Å². The molecule has 1 aliphatic rings. The second kappa shape index (κ2) is 9.45. The lowest BCUT2D eigenvalue weighted by Gasteiger charge is -2.38. The molecule has 1 aromatic carbocycles. The maximum Gasteiger partial charge on any atom is 0.416 e. The Balaban J connectivity index is 2.05. The van der Waals surface area contributed by atoms with Gasteiger partial charge in [0.15, 0.2) is 0 Å². The van der Waals surface area contributed by atoms with E-state index in [1.165, 1.54) is 18.3 Å². The predicted octanol–water partition coefficient (Wildman–Crippen LogP) is 3.97. The molecule has 0 spiro atoms. The number of benzene rings is 1. The molecule has 0 saturated carbocycles. The van der Waals surface area contributed by atoms with Crippen molar-refractivity contribution in [3.8, 4) is 0 Å². The van der Waals surface area contributed by atoms with Gasteiger partial charge in [0.25, 0.3) is 5.91 Å². The molecule has 13 heteroatoms. The lowest BCUT2D eigenvalue weighted by atomic mass is 10.1. The topological polar surface area (TPSA) is 65.7 Å². The number of nitrogens with zero attached hydrogens (tertiary/aromatic N) is 4. The summed E-state index contributed by atoms with van der Waals surface area (Å²) in [6, 6.07) is 2.56. The third kappa shape index (κ3) is 5.75. The summed E-state index contributed by atoms with van der Waals surface area (Å²) in [4.78, 5) is 21.2. The molecule has 1 fully saturated rings. The van der Waals surface area contributed by atoms with Gasteiger partial charge in [-0.3, -0.25) is 14.7 Å². The fraction of sp³-hybridized carbons (Fsp3) is 0.400. The number of alkyl halides is 6. The molecular formula is C20H20ClF6N5O. The van der Waals surface area contributed by atoms with Crippen LogP contribution in [0, 0.1) is 0 Å². The molecule has 3 rings (SSSR count). The summed E-state index contributed by atoms with van der Waals surface area (Å²) in [6.45, 7) is 1.90. The number of nitrogens with two attached hydrogens (primary N) is 1. The Morgan fingerprint density at radius 1 is 1.06 bits per heavy atom. The molecule has 0 bridgehead atoms. The number of hydrazine groups is 1. The van der Waals surface area contributed by atoms with Crippen molar-refractivity contribution in [1.82, 2.24) is 14.8 Å². The van der Waals surface area contributed by atoms with Gasteiger partial charge in [0.1, 0.15) is 6.04 Å². The van der Waals surface area contributed by atoms with E-state index in [2.05, 4.69) is 4.98 Å². The van der Waals surface area contributed by atoms with Crippen LogP contribution in [0.25, 0.3) is 0 Å². The van der Waals surface area contributed by atoms with E-state index in [-0.39, 0.29) is 16.8 Å². The second-order valence-corrected chi connectivity index (χ2v) is 7.99. The number of piperazine rings is 1. The third-order valence-corrected chi connectivity index (χ3v) is 5.59. The normalized spacial score (nSPS) is 17.1. The number of hydrogen-bond acceptors (Lipinski definition) is 5. The SMILES string of the molecule is CN1CCN(C(C(=O)N(N)c2cc(C(F)(F)F)cc(C(F)(F)F)c2)c2ncccc2Cl)CC1. The Hall–Kier alpha value is -2.41. The zero-order valence-electron chi connectivity index (χ0n) is 17.3. The molecule has 2 N–H and O–H groups in total. The molecule has 1 aromatic heterocycles. The molecule has 1 saturated heterocycles. The Morgan fingerprint density at radius 2 is 1.61 bits per heavy atom. The van der Waals surface area contributed by atoms with E-state index in [0.717, 1.165) is 0 Å². The highest BCUT2D eigenvalue weighted by atomic mass is 35.5. The number of hydrogen-bond donors (Lipinski definition) is 1. The van der Waals surface area contributed by atoms with Crippen LogP contribution in [0.1, 0.15) is 22.9 Å². The largest absolute Gasteiger partial charge is 0.416 e. The smallest absolute Gasteiger partial charge is 0.304 e. The number of halogens is 7. The van der Waals surface area contributed by atoms with Gasteiger partial charge in [0, 0.05) is 32.4 Å². The Morgan fingerprint density at radius 3 is 2.09 bits per heavy atom. The quantitative estimate of drug-likeness (QED) is 0.301. The zero-order chi connectivity index (χ0) is 24.6. The maximum absolute atomic E-state index is 13.4. The number of likely N-dealkylation sites (N-methyl/N-ethyl adjacent to an activating group) is 1. The highest BCUT2D eigenvalue weighted by molar-refractivity contribution is 6.31. The zero-order valence-corrected chi connectivity index (χ0v) is 18.0. The van der Waals surface area contributed by atoms with Crippen molar-refractivity contribution in [1.29, 1.82) is 0 Å². The van der Waals surface area contributed by atoms with E-state index in [4.69, 9.17) is 17.4 Å². The molecule has 33 heavy (non-hydrogen) atoms. The highest BCUT2D eigenvalue weighted by Crippen LogP contribution is 2.39. The Labute approximate surface area is 190 Å². The van der Waals surface area contributed by atoms with E-state index in [9.17, 15) is 31.1 Å². The van der Waals surface area contributed by atoms with Gasteiger partial charge in [-0.15, -0.1) is 0 Å². The van der Waals surface area contributed by atoms with E-state index in [1.807, 2.05) is 11.9 Å². The lowest BCUT2D eigenvalue weighted by molar-refractivity contribution is -0.143. The number of carbonyl (C=O) groups excluding carboxylic acids is 1. The first-order valence-corrected chi connectivity index (χ1v) is 10.1. The van der Waals surface area contributed by atoms with Crippen LogP contribution in [-0.2, 0) is 17.1 Å². The summed E-state index contributed by atoms with van der Waals surface area (Å²) < 4.78 is 79.5. The average Bonchev–Trinajstić information content (AvgIpc) is 2.74. The average molecular weight is 496 g/mol. The number of rotatable bonds is 4. The lowest BCUT2D eigenvalue weighted by Crippen LogP contribution is -2.52. The van der Waals surface area contributed by atoms with Gasteiger partial charge in [-0.1, -0.05) is 11.6 Å². The van der Waals surface area contributed by atoms with Crippen LogP contribution in [0.5, 0.6) is 0 Å². The standard InChI is InChI=1S/C20H20ClF6N5O/c1-30-5-7-31(8-6-30)17(16-15(21)3-2-4-29-16)18(33)32(28)14-10-12(19(22,23)24)9-13(11-14)20(25,26)27/h2-4,9-11,17H,5-8,28H2,1H3. The molecule has 6 nitrogen and oxygen atoms in total. The maximum atomic E-state index is 13.4. The molecule has 180 valence electrons. The molecule has 1 unspecified atom stereocenters. The van der Waals surface area contributed by atoms with Gasteiger partial charge in [0.05, 0.1) is 27.5 Å². The van der Waals surface area contributed by atoms with E-state index >= 15 is 0 Å².